The molecule has 1 aliphatic rings. The van der Waals surface area contributed by atoms with Gasteiger partial charge in [-0.15, -0.1) is 0 Å². The molecule has 3 nitrogen and oxygen atoms in total. The molecule has 0 heterocycles. The van der Waals surface area contributed by atoms with Crippen molar-refractivity contribution >= 4 is 9.84 Å². The molecule has 0 unspecified atom stereocenters. The lowest BCUT2D eigenvalue weighted by molar-refractivity contribution is 0.592. The van der Waals surface area contributed by atoms with E-state index >= 15 is 0 Å². The smallest absolute Gasteiger partial charge is 0.181 e. The molecule has 0 spiro atoms. The van der Waals surface area contributed by atoms with Crippen LogP contribution < -0.4 is 5.73 Å². The molecule has 0 radical (unpaired) electrons. The van der Waals surface area contributed by atoms with E-state index in [4.69, 9.17) is 5.73 Å². The Morgan fingerprint density at radius 2 is 1.93 bits per heavy atom. The summed E-state index contributed by atoms with van der Waals surface area (Å²) in [6.07, 6.45) is 0.716. The monoisotopic (exact) mass is 211 g/mol. The Morgan fingerprint density at radius 1 is 1.29 bits per heavy atom. The Labute approximate surface area is 83.9 Å². The topological polar surface area (TPSA) is 60.2 Å². The molecule has 76 valence electrons. The standard InChI is InChI=1S/C10H13NO2S/c11-7-8-6-10(8)14(12,13)9-4-2-1-3-5-9/h1-5,8,10H,6-7,11H2/t8-,10-/m0/s1. The molecule has 0 aliphatic heterocycles. The summed E-state index contributed by atoms with van der Waals surface area (Å²) in [6.45, 7) is 0.469. The van der Waals surface area contributed by atoms with Crippen LogP contribution in [0, 0.1) is 5.92 Å². The van der Waals surface area contributed by atoms with E-state index in [1.54, 1.807) is 24.3 Å². The Kier molecular flexibility index (Phi) is 2.33. The SMILES string of the molecule is NC[C@@H]1C[C@@H]1S(=O)(=O)c1ccccc1. The molecule has 1 aromatic carbocycles. The van der Waals surface area contributed by atoms with Crippen LogP contribution in [0.15, 0.2) is 35.2 Å². The van der Waals surface area contributed by atoms with Gasteiger partial charge < -0.3 is 5.73 Å². The minimum Gasteiger partial charge on any atom is -0.330 e. The Balaban J connectivity index is 2.27. The third-order valence-corrected chi connectivity index (χ3v) is 4.93. The molecule has 1 saturated carbocycles. The summed E-state index contributed by atoms with van der Waals surface area (Å²) >= 11 is 0. The molecule has 2 N–H and O–H groups in total. The van der Waals surface area contributed by atoms with Gasteiger partial charge in [-0.2, -0.15) is 0 Å². The van der Waals surface area contributed by atoms with Gasteiger partial charge in [-0.1, -0.05) is 18.2 Å². The van der Waals surface area contributed by atoms with Gasteiger partial charge in [0.05, 0.1) is 10.1 Å². The fourth-order valence-electron chi connectivity index (χ4n) is 1.63. The van der Waals surface area contributed by atoms with Gasteiger partial charge >= 0.3 is 0 Å². The van der Waals surface area contributed by atoms with Crippen LogP contribution in [0.5, 0.6) is 0 Å². The molecule has 1 fully saturated rings. The van der Waals surface area contributed by atoms with Crippen LogP contribution >= 0.6 is 0 Å². The molecule has 1 aromatic rings. The molecule has 4 heteroatoms. The van der Waals surface area contributed by atoms with Gasteiger partial charge in [0.2, 0.25) is 0 Å². The highest BCUT2D eigenvalue weighted by atomic mass is 32.2. The molecule has 0 bridgehead atoms. The number of nitrogens with two attached hydrogens (primary N) is 1. The van der Waals surface area contributed by atoms with Gasteiger partial charge in [-0.05, 0) is 31.0 Å². The maximum atomic E-state index is 11.9. The first-order valence-corrected chi connectivity index (χ1v) is 6.20. The first-order valence-electron chi connectivity index (χ1n) is 4.65. The third-order valence-electron chi connectivity index (χ3n) is 2.63. The predicted octanol–water partition coefficient (Wildman–Crippen LogP) is 0.808. The second-order valence-electron chi connectivity index (χ2n) is 3.63. The van der Waals surface area contributed by atoms with Gasteiger partial charge in [-0.3, -0.25) is 0 Å². The lowest BCUT2D eigenvalue weighted by atomic mass is 10.4. The van der Waals surface area contributed by atoms with E-state index < -0.39 is 9.84 Å². The van der Waals surface area contributed by atoms with Crippen LogP contribution in [0.1, 0.15) is 6.42 Å². The van der Waals surface area contributed by atoms with Crippen molar-refractivity contribution in [3.63, 3.8) is 0 Å². The average Bonchev–Trinajstić information content (AvgIpc) is 2.98. The quantitative estimate of drug-likeness (QED) is 0.804. The number of rotatable bonds is 3. The van der Waals surface area contributed by atoms with Crippen molar-refractivity contribution in [1.82, 2.24) is 0 Å². The minimum atomic E-state index is -3.11. The first kappa shape index (κ1) is 9.68. The van der Waals surface area contributed by atoms with Gasteiger partial charge in [0.25, 0.3) is 0 Å². The largest absolute Gasteiger partial charge is 0.330 e. The lowest BCUT2D eigenvalue weighted by Gasteiger charge is -2.02. The fourth-order valence-corrected chi connectivity index (χ4v) is 3.64. The highest BCUT2D eigenvalue weighted by Crippen LogP contribution is 2.39. The summed E-state index contributed by atoms with van der Waals surface area (Å²) in [7, 11) is -3.11. The van der Waals surface area contributed by atoms with E-state index in [-0.39, 0.29) is 11.2 Å². The van der Waals surface area contributed by atoms with E-state index in [0.717, 1.165) is 0 Å². The number of hydrogen-bond acceptors (Lipinski definition) is 3. The van der Waals surface area contributed by atoms with Crippen LogP contribution in [0.25, 0.3) is 0 Å². The lowest BCUT2D eigenvalue weighted by Crippen LogP contribution is -2.13. The number of benzene rings is 1. The first-order chi connectivity index (χ1) is 6.66. The summed E-state index contributed by atoms with van der Waals surface area (Å²) in [4.78, 5) is 0.418. The van der Waals surface area contributed by atoms with Gasteiger partial charge in [0.1, 0.15) is 0 Å². The zero-order valence-electron chi connectivity index (χ0n) is 7.76. The van der Waals surface area contributed by atoms with Crippen LogP contribution in [0.2, 0.25) is 0 Å². The highest BCUT2D eigenvalue weighted by molar-refractivity contribution is 7.92. The zero-order valence-corrected chi connectivity index (χ0v) is 8.57. The van der Waals surface area contributed by atoms with Crippen LogP contribution in [0.3, 0.4) is 0 Å². The minimum absolute atomic E-state index is 0.167. The van der Waals surface area contributed by atoms with E-state index in [2.05, 4.69) is 0 Å². The highest BCUT2D eigenvalue weighted by Gasteiger charge is 2.46. The summed E-state index contributed by atoms with van der Waals surface area (Å²) in [5.74, 6) is 0.167. The maximum Gasteiger partial charge on any atom is 0.181 e. The molecular weight excluding hydrogens is 198 g/mol. The van der Waals surface area contributed by atoms with Gasteiger partial charge in [-0.25, -0.2) is 8.42 Å². The molecule has 2 rings (SSSR count). The Bertz CT molecular complexity index is 413. The summed E-state index contributed by atoms with van der Waals surface area (Å²) in [6, 6.07) is 8.58. The van der Waals surface area contributed by atoms with Crippen molar-refractivity contribution in [3.05, 3.63) is 30.3 Å². The molecule has 2 atom stereocenters. The van der Waals surface area contributed by atoms with Gasteiger partial charge in [0, 0.05) is 0 Å². The summed E-state index contributed by atoms with van der Waals surface area (Å²) in [5.41, 5.74) is 5.43. The fraction of sp³-hybridized carbons (Fsp3) is 0.400. The third kappa shape index (κ3) is 1.55. The van der Waals surface area contributed by atoms with Crippen molar-refractivity contribution < 1.29 is 8.42 Å². The second-order valence-corrected chi connectivity index (χ2v) is 5.79. The van der Waals surface area contributed by atoms with E-state index in [1.165, 1.54) is 0 Å². The van der Waals surface area contributed by atoms with Crippen molar-refractivity contribution in [2.75, 3.05) is 6.54 Å². The number of hydrogen-bond donors (Lipinski definition) is 1. The van der Waals surface area contributed by atoms with E-state index in [0.29, 0.717) is 17.9 Å². The molecule has 0 saturated heterocycles. The van der Waals surface area contributed by atoms with Gasteiger partial charge in [0.15, 0.2) is 9.84 Å². The number of sulfone groups is 1. The van der Waals surface area contributed by atoms with Crippen molar-refractivity contribution in [1.29, 1.82) is 0 Å². The summed E-state index contributed by atoms with van der Waals surface area (Å²) < 4.78 is 23.8. The maximum absolute atomic E-state index is 11.9. The van der Waals surface area contributed by atoms with Crippen molar-refractivity contribution in [2.45, 2.75) is 16.6 Å². The van der Waals surface area contributed by atoms with E-state index in [1.807, 2.05) is 6.07 Å². The van der Waals surface area contributed by atoms with Crippen LogP contribution in [-0.4, -0.2) is 20.2 Å². The molecule has 1 aliphatic carbocycles. The average molecular weight is 211 g/mol. The summed E-state index contributed by atoms with van der Waals surface area (Å²) in [5, 5.41) is -0.241. The molecular formula is C10H13NO2S. The Morgan fingerprint density at radius 3 is 2.43 bits per heavy atom. The van der Waals surface area contributed by atoms with Crippen LogP contribution in [0.4, 0.5) is 0 Å². The molecule has 0 aromatic heterocycles. The predicted molar refractivity (Wildman–Crippen MR) is 54.6 cm³/mol. The zero-order chi connectivity index (χ0) is 10.2. The second kappa shape index (κ2) is 3.37. The van der Waals surface area contributed by atoms with Crippen molar-refractivity contribution in [2.24, 2.45) is 11.7 Å². The molecule has 14 heavy (non-hydrogen) atoms. The van der Waals surface area contributed by atoms with Crippen LogP contribution in [-0.2, 0) is 9.84 Å². The van der Waals surface area contributed by atoms with Crippen molar-refractivity contribution in [3.8, 4) is 0 Å². The Hall–Kier alpha value is -0.870. The van der Waals surface area contributed by atoms with E-state index in [9.17, 15) is 8.42 Å². The molecule has 0 amide bonds. The normalized spacial score (nSPS) is 26.1.